The number of carbonyl (C=O) groups is 1. The zero-order valence-corrected chi connectivity index (χ0v) is 8.49. The van der Waals surface area contributed by atoms with Gasteiger partial charge in [0.1, 0.15) is 0 Å². The second kappa shape index (κ2) is 3.95. The molecule has 0 saturated carbocycles. The van der Waals surface area contributed by atoms with Crippen LogP contribution < -0.4 is 5.73 Å². The van der Waals surface area contributed by atoms with Crippen molar-refractivity contribution in [2.75, 3.05) is 19.7 Å². The lowest BCUT2D eigenvalue weighted by molar-refractivity contribution is -0.141. The predicted octanol–water partition coefficient (Wildman–Crippen LogP) is -0.525. The fraction of sp³-hybridized carbons (Fsp3) is 0.778. The Bertz CT molecular complexity index is 264. The average Bonchev–Trinajstić information content (AvgIpc) is 2.15. The highest BCUT2D eigenvalue weighted by Crippen LogP contribution is 2.10. The first kappa shape index (κ1) is 11.0. The molecule has 0 aromatic heterocycles. The molecule has 5 nitrogen and oxygen atoms in total. The van der Waals surface area contributed by atoms with E-state index in [-0.39, 0.29) is 5.91 Å². The summed E-state index contributed by atoms with van der Waals surface area (Å²) in [6, 6.07) is 1.98. The first-order chi connectivity index (χ1) is 6.45. The first-order valence-corrected chi connectivity index (χ1v) is 4.54. The Morgan fingerprint density at radius 3 is 2.86 bits per heavy atom. The Kier molecular flexibility index (Phi) is 3.09. The summed E-state index contributed by atoms with van der Waals surface area (Å²) in [5, 5.41) is 8.65. The molecule has 0 aliphatic carbocycles. The molecule has 0 radical (unpaired) electrons. The van der Waals surface area contributed by atoms with Crippen molar-refractivity contribution in [1.82, 2.24) is 4.90 Å². The maximum atomic E-state index is 11.7. The molecule has 5 heteroatoms. The van der Waals surface area contributed by atoms with Gasteiger partial charge in [-0.15, -0.1) is 0 Å². The van der Waals surface area contributed by atoms with Crippen molar-refractivity contribution in [3.63, 3.8) is 0 Å². The molecule has 0 bridgehead atoms. The standard InChI is InChI=1S/C9H15N3O2/c1-9(2,11)8(13)12-3-4-14-7(5-10)6-12/h7H,3-4,6,11H2,1-2H3. The van der Waals surface area contributed by atoms with Crippen LogP contribution in [-0.4, -0.2) is 42.1 Å². The van der Waals surface area contributed by atoms with Gasteiger partial charge in [0, 0.05) is 6.54 Å². The molecule has 1 unspecified atom stereocenters. The third-order valence-electron chi connectivity index (χ3n) is 2.05. The largest absolute Gasteiger partial charge is 0.360 e. The summed E-state index contributed by atoms with van der Waals surface area (Å²) in [6.45, 7) is 4.55. The van der Waals surface area contributed by atoms with Gasteiger partial charge in [0.15, 0.2) is 6.10 Å². The van der Waals surface area contributed by atoms with E-state index in [0.29, 0.717) is 19.7 Å². The number of carbonyl (C=O) groups excluding carboxylic acids is 1. The van der Waals surface area contributed by atoms with Crippen LogP contribution in [-0.2, 0) is 9.53 Å². The summed E-state index contributed by atoms with van der Waals surface area (Å²) in [6.07, 6.45) is -0.518. The molecule has 1 heterocycles. The molecule has 14 heavy (non-hydrogen) atoms. The van der Waals surface area contributed by atoms with E-state index in [4.69, 9.17) is 15.7 Å². The monoisotopic (exact) mass is 197 g/mol. The molecule has 1 aliphatic rings. The molecule has 1 saturated heterocycles. The van der Waals surface area contributed by atoms with Gasteiger partial charge in [-0.25, -0.2) is 0 Å². The highest BCUT2D eigenvalue weighted by Gasteiger charge is 2.31. The highest BCUT2D eigenvalue weighted by molar-refractivity contribution is 5.85. The summed E-state index contributed by atoms with van der Waals surface area (Å²) in [4.78, 5) is 13.3. The SMILES string of the molecule is CC(C)(N)C(=O)N1CCOC(C#N)C1. The normalized spacial score (nSPS) is 23.0. The molecule has 1 rings (SSSR count). The van der Waals surface area contributed by atoms with Crippen molar-refractivity contribution >= 4 is 5.91 Å². The van der Waals surface area contributed by atoms with Gasteiger partial charge in [-0.3, -0.25) is 4.79 Å². The van der Waals surface area contributed by atoms with Gasteiger partial charge in [0.2, 0.25) is 5.91 Å². The topological polar surface area (TPSA) is 79.3 Å². The first-order valence-electron chi connectivity index (χ1n) is 4.54. The summed E-state index contributed by atoms with van der Waals surface area (Å²) < 4.78 is 5.12. The van der Waals surface area contributed by atoms with Gasteiger partial charge in [0.05, 0.1) is 24.8 Å². The van der Waals surface area contributed by atoms with Crippen LogP contribution in [0, 0.1) is 11.3 Å². The van der Waals surface area contributed by atoms with Gasteiger partial charge in [0.25, 0.3) is 0 Å². The van der Waals surface area contributed by atoms with E-state index in [1.807, 2.05) is 6.07 Å². The number of morpholine rings is 1. The van der Waals surface area contributed by atoms with E-state index in [2.05, 4.69) is 0 Å². The Morgan fingerprint density at radius 1 is 1.71 bits per heavy atom. The van der Waals surface area contributed by atoms with Crippen LogP contribution in [0.3, 0.4) is 0 Å². The second-order valence-electron chi connectivity index (χ2n) is 3.96. The number of nitrogens with zero attached hydrogens (tertiary/aromatic N) is 2. The van der Waals surface area contributed by atoms with Crippen molar-refractivity contribution in [3.05, 3.63) is 0 Å². The molecule has 0 aromatic carbocycles. The minimum absolute atomic E-state index is 0.138. The van der Waals surface area contributed by atoms with Crippen LogP contribution in [0.4, 0.5) is 0 Å². The lowest BCUT2D eigenvalue weighted by atomic mass is 10.0. The third kappa shape index (κ3) is 2.44. The van der Waals surface area contributed by atoms with Gasteiger partial charge >= 0.3 is 0 Å². The summed E-state index contributed by atoms with van der Waals surface area (Å²) in [7, 11) is 0. The summed E-state index contributed by atoms with van der Waals surface area (Å²) in [5.41, 5.74) is 4.80. The highest BCUT2D eigenvalue weighted by atomic mass is 16.5. The zero-order valence-electron chi connectivity index (χ0n) is 8.49. The van der Waals surface area contributed by atoms with Crippen LogP contribution in [0.2, 0.25) is 0 Å². The van der Waals surface area contributed by atoms with Crippen molar-refractivity contribution < 1.29 is 9.53 Å². The number of hydrogen-bond acceptors (Lipinski definition) is 4. The number of nitriles is 1. The van der Waals surface area contributed by atoms with Gasteiger partial charge < -0.3 is 15.4 Å². The molecule has 1 aliphatic heterocycles. The lowest BCUT2D eigenvalue weighted by Crippen LogP contribution is -2.55. The smallest absolute Gasteiger partial charge is 0.242 e. The molecular weight excluding hydrogens is 182 g/mol. The molecule has 1 amide bonds. The van der Waals surface area contributed by atoms with E-state index in [1.54, 1.807) is 18.7 Å². The molecule has 1 fully saturated rings. The van der Waals surface area contributed by atoms with Crippen LogP contribution in [0.5, 0.6) is 0 Å². The number of rotatable bonds is 1. The van der Waals surface area contributed by atoms with Gasteiger partial charge in [-0.2, -0.15) is 5.26 Å². The van der Waals surface area contributed by atoms with Crippen LogP contribution in [0.25, 0.3) is 0 Å². The van der Waals surface area contributed by atoms with Crippen molar-refractivity contribution in [2.24, 2.45) is 5.73 Å². The minimum atomic E-state index is -0.878. The molecule has 1 atom stereocenters. The maximum Gasteiger partial charge on any atom is 0.242 e. The summed E-state index contributed by atoms with van der Waals surface area (Å²) >= 11 is 0. The second-order valence-corrected chi connectivity index (χ2v) is 3.96. The van der Waals surface area contributed by atoms with E-state index in [1.165, 1.54) is 0 Å². The molecular formula is C9H15N3O2. The number of hydrogen-bond donors (Lipinski definition) is 1. The Morgan fingerprint density at radius 2 is 2.36 bits per heavy atom. The van der Waals surface area contributed by atoms with Crippen molar-refractivity contribution in [2.45, 2.75) is 25.5 Å². The fourth-order valence-corrected chi connectivity index (χ4v) is 1.32. The maximum absolute atomic E-state index is 11.7. The lowest BCUT2D eigenvalue weighted by Gasteiger charge is -2.34. The van der Waals surface area contributed by atoms with E-state index in [9.17, 15) is 4.79 Å². The van der Waals surface area contributed by atoms with E-state index >= 15 is 0 Å². The minimum Gasteiger partial charge on any atom is -0.360 e. The Labute approximate surface area is 83.4 Å². The zero-order chi connectivity index (χ0) is 10.8. The Hall–Kier alpha value is -1.12. The van der Waals surface area contributed by atoms with Crippen LogP contribution in [0.15, 0.2) is 0 Å². The van der Waals surface area contributed by atoms with Crippen molar-refractivity contribution in [3.8, 4) is 6.07 Å². The third-order valence-corrected chi connectivity index (χ3v) is 2.05. The van der Waals surface area contributed by atoms with E-state index < -0.39 is 11.6 Å². The average molecular weight is 197 g/mol. The number of nitrogens with two attached hydrogens (primary N) is 1. The quantitative estimate of drug-likeness (QED) is 0.613. The van der Waals surface area contributed by atoms with Crippen molar-refractivity contribution in [1.29, 1.82) is 5.26 Å². The van der Waals surface area contributed by atoms with Gasteiger partial charge in [-0.1, -0.05) is 0 Å². The fourth-order valence-electron chi connectivity index (χ4n) is 1.32. The number of amides is 1. The molecule has 78 valence electrons. The molecule has 0 aromatic rings. The molecule has 2 N–H and O–H groups in total. The molecule has 0 spiro atoms. The van der Waals surface area contributed by atoms with Gasteiger partial charge in [-0.05, 0) is 13.8 Å². The Balaban J connectivity index is 2.62. The van der Waals surface area contributed by atoms with Crippen LogP contribution in [0.1, 0.15) is 13.8 Å². The number of ether oxygens (including phenoxy) is 1. The predicted molar refractivity (Wildman–Crippen MR) is 50.2 cm³/mol. The summed E-state index contributed by atoms with van der Waals surface area (Å²) in [5.74, 6) is -0.138. The van der Waals surface area contributed by atoms with Crippen LogP contribution >= 0.6 is 0 Å². The van der Waals surface area contributed by atoms with E-state index in [0.717, 1.165) is 0 Å².